The van der Waals surface area contributed by atoms with Gasteiger partial charge in [0.2, 0.25) is 0 Å². The van der Waals surface area contributed by atoms with Gasteiger partial charge in [-0.05, 0) is 48.9 Å². The topological polar surface area (TPSA) is 114 Å². The van der Waals surface area contributed by atoms with Gasteiger partial charge in [-0.25, -0.2) is 9.78 Å². The first-order valence-corrected chi connectivity index (χ1v) is 12.9. The quantitative estimate of drug-likeness (QED) is 0.176. The van der Waals surface area contributed by atoms with Crippen LogP contribution in [0.3, 0.4) is 0 Å². The minimum atomic E-state index is -1.02. The fraction of sp³-hybridized carbons (Fsp3) is 0.156. The predicted octanol–water partition coefficient (Wildman–Crippen LogP) is 6.05. The Morgan fingerprint density at radius 2 is 1.62 bits per heavy atom. The van der Waals surface area contributed by atoms with Crippen LogP contribution < -0.4 is 14.8 Å². The van der Waals surface area contributed by atoms with Gasteiger partial charge in [-0.3, -0.25) is 4.79 Å². The van der Waals surface area contributed by atoms with Gasteiger partial charge in [-0.2, -0.15) is 0 Å². The second-order valence-corrected chi connectivity index (χ2v) is 9.39. The molecule has 0 aliphatic heterocycles. The van der Waals surface area contributed by atoms with Crippen LogP contribution in [0.4, 0.5) is 5.69 Å². The highest BCUT2D eigenvalue weighted by molar-refractivity contribution is 6.12. The first kappa shape index (κ1) is 26.5. The molecule has 0 bridgehead atoms. The molecule has 40 heavy (non-hydrogen) atoms. The van der Waals surface area contributed by atoms with Crippen molar-refractivity contribution < 1.29 is 24.2 Å². The van der Waals surface area contributed by atoms with Crippen molar-refractivity contribution in [3.05, 3.63) is 120 Å². The number of nitrogens with zero attached hydrogens (tertiary/aromatic N) is 1. The van der Waals surface area contributed by atoms with E-state index in [0.29, 0.717) is 28.4 Å². The van der Waals surface area contributed by atoms with Gasteiger partial charge in [-0.1, -0.05) is 54.6 Å². The number of anilines is 1. The third kappa shape index (κ3) is 5.96. The summed E-state index contributed by atoms with van der Waals surface area (Å²) >= 11 is 0. The molecule has 1 heterocycles. The SMILES string of the molecule is COc1ccc2nc(C(C)Oc3ccc(CC(Nc4ccccc4C(=O)c4ccccc4)C(=O)O)cc3)[nH]c2c1. The number of nitrogens with one attached hydrogen (secondary N) is 2. The summed E-state index contributed by atoms with van der Waals surface area (Å²) in [5.74, 6) is 0.871. The lowest BCUT2D eigenvalue weighted by Gasteiger charge is -2.19. The van der Waals surface area contributed by atoms with E-state index in [1.807, 2.05) is 55.5 Å². The van der Waals surface area contributed by atoms with Gasteiger partial charge in [0.15, 0.2) is 11.9 Å². The number of carboxylic acids is 1. The molecule has 3 N–H and O–H groups in total. The van der Waals surface area contributed by atoms with Gasteiger partial charge >= 0.3 is 5.97 Å². The average molecular weight is 536 g/mol. The number of methoxy groups -OCH3 is 1. The van der Waals surface area contributed by atoms with E-state index in [1.54, 1.807) is 55.6 Å². The van der Waals surface area contributed by atoms with Crippen LogP contribution in [0.1, 0.15) is 40.3 Å². The molecule has 0 fully saturated rings. The Morgan fingerprint density at radius 3 is 2.35 bits per heavy atom. The number of ketones is 1. The van der Waals surface area contributed by atoms with Crippen LogP contribution >= 0.6 is 0 Å². The van der Waals surface area contributed by atoms with E-state index in [-0.39, 0.29) is 18.3 Å². The fourth-order valence-corrected chi connectivity index (χ4v) is 4.47. The third-order valence-corrected chi connectivity index (χ3v) is 6.60. The highest BCUT2D eigenvalue weighted by atomic mass is 16.5. The van der Waals surface area contributed by atoms with Crippen molar-refractivity contribution in [1.29, 1.82) is 0 Å². The molecule has 2 atom stereocenters. The Morgan fingerprint density at radius 1 is 0.925 bits per heavy atom. The number of benzene rings is 4. The predicted molar refractivity (Wildman–Crippen MR) is 153 cm³/mol. The van der Waals surface area contributed by atoms with Crippen molar-refractivity contribution in [2.45, 2.75) is 25.5 Å². The van der Waals surface area contributed by atoms with E-state index < -0.39 is 12.0 Å². The first-order chi connectivity index (χ1) is 19.4. The molecule has 0 spiro atoms. The van der Waals surface area contributed by atoms with Crippen LogP contribution in [0.25, 0.3) is 11.0 Å². The van der Waals surface area contributed by atoms with Crippen LogP contribution in [0.2, 0.25) is 0 Å². The summed E-state index contributed by atoms with van der Waals surface area (Å²) in [4.78, 5) is 33.1. The number of aromatic nitrogens is 2. The number of H-pyrrole nitrogens is 1. The zero-order valence-corrected chi connectivity index (χ0v) is 22.1. The molecule has 0 aliphatic carbocycles. The smallest absolute Gasteiger partial charge is 0.326 e. The number of aliphatic carboxylic acids is 1. The minimum Gasteiger partial charge on any atom is -0.497 e. The molecule has 5 aromatic rings. The zero-order valence-electron chi connectivity index (χ0n) is 22.1. The molecule has 0 aliphatic rings. The van der Waals surface area contributed by atoms with E-state index in [4.69, 9.17) is 9.47 Å². The molecule has 0 saturated carbocycles. The summed E-state index contributed by atoms with van der Waals surface area (Å²) in [6.45, 7) is 1.90. The fourth-order valence-electron chi connectivity index (χ4n) is 4.47. The van der Waals surface area contributed by atoms with Crippen molar-refractivity contribution in [2.24, 2.45) is 0 Å². The minimum absolute atomic E-state index is 0.174. The maximum absolute atomic E-state index is 13.1. The molecular formula is C32H29N3O5. The molecule has 8 nitrogen and oxygen atoms in total. The maximum Gasteiger partial charge on any atom is 0.326 e. The molecule has 8 heteroatoms. The Balaban J connectivity index is 1.26. The van der Waals surface area contributed by atoms with Crippen molar-refractivity contribution in [3.8, 4) is 11.5 Å². The lowest BCUT2D eigenvalue weighted by Crippen LogP contribution is -2.32. The lowest BCUT2D eigenvalue weighted by molar-refractivity contribution is -0.137. The van der Waals surface area contributed by atoms with Crippen molar-refractivity contribution in [3.63, 3.8) is 0 Å². The normalized spacial score (nSPS) is 12.4. The lowest BCUT2D eigenvalue weighted by atomic mass is 10.00. The molecule has 1 aromatic heterocycles. The number of aromatic amines is 1. The second kappa shape index (κ2) is 11.7. The zero-order chi connectivity index (χ0) is 28.1. The Bertz CT molecular complexity index is 1630. The van der Waals surface area contributed by atoms with E-state index in [0.717, 1.165) is 22.3 Å². The summed E-state index contributed by atoms with van der Waals surface area (Å²) < 4.78 is 11.4. The van der Waals surface area contributed by atoms with Crippen LogP contribution in [0.15, 0.2) is 97.1 Å². The Labute approximate surface area is 231 Å². The molecule has 202 valence electrons. The highest BCUT2D eigenvalue weighted by Gasteiger charge is 2.21. The number of carbonyl (C=O) groups excluding carboxylic acids is 1. The van der Waals surface area contributed by atoms with Gasteiger partial charge in [-0.15, -0.1) is 0 Å². The van der Waals surface area contributed by atoms with E-state index >= 15 is 0 Å². The summed E-state index contributed by atoms with van der Waals surface area (Å²) in [5, 5.41) is 13.0. The third-order valence-electron chi connectivity index (χ3n) is 6.60. The maximum atomic E-state index is 13.1. The van der Waals surface area contributed by atoms with Crippen LogP contribution in [0.5, 0.6) is 11.5 Å². The van der Waals surface area contributed by atoms with Gasteiger partial charge in [0.25, 0.3) is 0 Å². The van der Waals surface area contributed by atoms with Crippen LogP contribution in [0, 0.1) is 0 Å². The van der Waals surface area contributed by atoms with Gasteiger partial charge in [0.05, 0.1) is 18.1 Å². The number of rotatable bonds is 11. The van der Waals surface area contributed by atoms with Crippen LogP contribution in [-0.4, -0.2) is 40.0 Å². The molecule has 2 unspecified atom stereocenters. The number of carbonyl (C=O) groups is 2. The molecule has 4 aromatic carbocycles. The van der Waals surface area contributed by atoms with Crippen molar-refractivity contribution in [2.75, 3.05) is 12.4 Å². The van der Waals surface area contributed by atoms with Gasteiger partial charge in [0.1, 0.15) is 23.4 Å². The molecule has 0 amide bonds. The summed E-state index contributed by atoms with van der Waals surface area (Å²) in [5.41, 5.74) is 3.92. The number of hydrogen-bond donors (Lipinski definition) is 3. The number of imidazole rings is 1. The van der Waals surface area contributed by atoms with Gasteiger partial charge in [0, 0.05) is 29.3 Å². The number of ether oxygens (including phenoxy) is 2. The number of fused-ring (bicyclic) bond motifs is 1. The first-order valence-electron chi connectivity index (χ1n) is 12.9. The van der Waals surface area contributed by atoms with Crippen LogP contribution in [-0.2, 0) is 11.2 Å². The Kier molecular flexibility index (Phi) is 7.77. The summed E-state index contributed by atoms with van der Waals surface area (Å²) in [6, 6.07) is 27.9. The molecule has 0 radical (unpaired) electrons. The molecule has 5 rings (SSSR count). The highest BCUT2D eigenvalue weighted by Crippen LogP contribution is 2.26. The summed E-state index contributed by atoms with van der Waals surface area (Å²) in [6.07, 6.45) is -0.124. The number of para-hydroxylation sites is 1. The van der Waals surface area contributed by atoms with E-state index in [2.05, 4.69) is 15.3 Å². The second-order valence-electron chi connectivity index (χ2n) is 9.39. The molecule has 0 saturated heterocycles. The number of carboxylic acid groups (broad SMARTS) is 1. The monoisotopic (exact) mass is 535 g/mol. The number of hydrogen-bond acceptors (Lipinski definition) is 6. The largest absolute Gasteiger partial charge is 0.497 e. The standard InChI is InChI=1S/C32H29N3O5/c1-20(31-34-27-17-16-24(39-2)19-28(27)35-31)40-23-14-12-21(13-15-23)18-29(32(37)38)33-26-11-7-6-10-25(26)30(36)22-8-4-3-5-9-22/h3-17,19-20,29,33H,18H2,1-2H3,(H,34,35)(H,37,38). The van der Waals surface area contributed by atoms with Gasteiger partial charge < -0.3 is 24.9 Å². The van der Waals surface area contributed by atoms with E-state index in [9.17, 15) is 14.7 Å². The average Bonchev–Trinajstić information content (AvgIpc) is 3.42. The van der Waals surface area contributed by atoms with Crippen molar-refractivity contribution in [1.82, 2.24) is 9.97 Å². The van der Waals surface area contributed by atoms with Crippen molar-refractivity contribution >= 4 is 28.5 Å². The molecular weight excluding hydrogens is 506 g/mol. The summed E-state index contributed by atoms with van der Waals surface area (Å²) in [7, 11) is 1.62. The van der Waals surface area contributed by atoms with E-state index in [1.165, 1.54) is 0 Å². The Hall–Kier alpha value is -5.11.